The van der Waals surface area contributed by atoms with Crippen LogP contribution in [0.1, 0.15) is 4.88 Å². The smallest absolute Gasteiger partial charge is 0.264 e. The molecule has 0 saturated heterocycles. The normalized spacial score (nSPS) is 12.5. The molecule has 0 aliphatic heterocycles. The monoisotopic (exact) mass is 379 g/mol. The van der Waals surface area contributed by atoms with E-state index in [4.69, 9.17) is 4.18 Å². The summed E-state index contributed by atoms with van der Waals surface area (Å²) in [5.74, 6) is 0. The average Bonchev–Trinajstić information content (AvgIpc) is 2.83. The molecule has 0 atom stereocenters. The molecular weight excluding hydrogens is 366 g/mol. The van der Waals surface area contributed by atoms with Crippen LogP contribution >= 0.6 is 23.1 Å². The zero-order valence-electron chi connectivity index (χ0n) is 11.7. The second kappa shape index (κ2) is 6.67. The van der Waals surface area contributed by atoms with Crippen molar-refractivity contribution in [3.63, 3.8) is 0 Å². The van der Waals surface area contributed by atoms with E-state index in [1.807, 2.05) is 6.07 Å². The van der Waals surface area contributed by atoms with Crippen molar-refractivity contribution in [1.29, 1.82) is 0 Å². The van der Waals surface area contributed by atoms with E-state index >= 15 is 0 Å². The molecule has 0 radical (unpaired) electrons. The molecule has 0 fully saturated rings. The van der Waals surface area contributed by atoms with Crippen LogP contribution in [0.4, 0.5) is 0 Å². The molecule has 0 bridgehead atoms. The number of hydrogen-bond acceptors (Lipinski definition) is 8. The van der Waals surface area contributed by atoms with Gasteiger partial charge in [-0.2, -0.15) is 8.42 Å². The first-order valence-electron chi connectivity index (χ1n) is 5.91. The summed E-state index contributed by atoms with van der Waals surface area (Å²) < 4.78 is 50.4. The number of sulfone groups is 1. The zero-order valence-corrected chi connectivity index (χ0v) is 15.0. The van der Waals surface area contributed by atoms with Crippen LogP contribution in [0.5, 0.6) is 0 Å². The van der Waals surface area contributed by atoms with Crippen molar-refractivity contribution in [2.75, 3.05) is 12.5 Å². The van der Waals surface area contributed by atoms with Crippen molar-refractivity contribution < 1.29 is 21.0 Å². The van der Waals surface area contributed by atoms with Gasteiger partial charge in [-0.25, -0.2) is 13.4 Å². The minimum atomic E-state index is -3.47. The summed E-state index contributed by atoms with van der Waals surface area (Å²) in [6, 6.07) is 8.36. The van der Waals surface area contributed by atoms with Gasteiger partial charge in [-0.15, -0.1) is 11.3 Å². The van der Waals surface area contributed by atoms with Crippen LogP contribution in [0.3, 0.4) is 0 Å². The maximum absolute atomic E-state index is 11.5. The van der Waals surface area contributed by atoms with Crippen LogP contribution in [0.2, 0.25) is 0 Å². The Hall–Kier alpha value is -0.940. The third-order valence-corrected chi connectivity index (χ3v) is 6.00. The number of nitrogens with zero attached hydrogens (tertiary/aromatic N) is 1. The summed E-state index contributed by atoms with van der Waals surface area (Å²) in [7, 11) is -6.82. The Morgan fingerprint density at radius 3 is 2.50 bits per heavy atom. The minimum Gasteiger partial charge on any atom is -0.265 e. The summed E-state index contributed by atoms with van der Waals surface area (Å²) in [5.41, 5.74) is 0. The Bertz CT molecular complexity index is 870. The van der Waals surface area contributed by atoms with E-state index in [1.165, 1.54) is 29.2 Å². The fraction of sp³-hybridized carbons (Fsp3) is 0.250. The molecule has 0 unspecified atom stereocenters. The number of pyridine rings is 1. The number of rotatable bonds is 6. The van der Waals surface area contributed by atoms with Gasteiger partial charge in [-0.3, -0.25) is 4.18 Å². The van der Waals surface area contributed by atoms with Crippen LogP contribution in [-0.2, 0) is 30.7 Å². The van der Waals surface area contributed by atoms with E-state index in [-0.39, 0.29) is 11.6 Å². The Labute approximate surface area is 137 Å². The molecular formula is C12H13NO5S4. The Balaban J connectivity index is 2.10. The van der Waals surface area contributed by atoms with E-state index in [0.29, 0.717) is 5.03 Å². The highest BCUT2D eigenvalue weighted by atomic mass is 32.2. The molecule has 10 heteroatoms. The number of hydrogen-bond donors (Lipinski definition) is 0. The molecule has 0 N–H and O–H groups in total. The van der Waals surface area contributed by atoms with Gasteiger partial charge in [0.1, 0.15) is 11.6 Å². The number of thiophene rings is 1. The molecule has 2 aromatic heterocycles. The first-order chi connectivity index (χ1) is 10.1. The Kier molecular flexibility index (Phi) is 5.28. The van der Waals surface area contributed by atoms with E-state index in [0.717, 1.165) is 21.6 Å². The molecule has 0 aromatic carbocycles. The fourth-order valence-electron chi connectivity index (χ4n) is 1.42. The van der Waals surface area contributed by atoms with E-state index < -0.39 is 20.0 Å². The van der Waals surface area contributed by atoms with Gasteiger partial charge < -0.3 is 0 Å². The summed E-state index contributed by atoms with van der Waals surface area (Å²) in [6.45, 7) is -0.0130. The maximum atomic E-state index is 11.5. The molecule has 22 heavy (non-hydrogen) atoms. The first-order valence-corrected chi connectivity index (χ1v) is 11.3. The maximum Gasteiger partial charge on any atom is 0.264 e. The zero-order chi connectivity index (χ0) is 16.4. The highest BCUT2D eigenvalue weighted by Gasteiger charge is 2.11. The molecule has 0 amide bonds. The molecule has 0 aliphatic carbocycles. The largest absolute Gasteiger partial charge is 0.265 e. The SMILES string of the molecule is CS(=O)(=O)OCc1ccc(Sc2cccc(S(C)(=O)=O)n2)s1. The Morgan fingerprint density at radius 2 is 1.86 bits per heavy atom. The molecule has 0 aliphatic rings. The van der Waals surface area contributed by atoms with Crippen molar-refractivity contribution in [2.45, 2.75) is 20.9 Å². The lowest BCUT2D eigenvalue weighted by Gasteiger charge is -2.01. The summed E-state index contributed by atoms with van der Waals surface area (Å²) in [6.07, 6.45) is 2.10. The van der Waals surface area contributed by atoms with Crippen molar-refractivity contribution in [1.82, 2.24) is 4.98 Å². The van der Waals surface area contributed by atoms with Gasteiger partial charge in [0.25, 0.3) is 10.1 Å². The van der Waals surface area contributed by atoms with Crippen molar-refractivity contribution >= 4 is 43.1 Å². The highest BCUT2D eigenvalue weighted by Crippen LogP contribution is 2.33. The fourth-order valence-corrected chi connectivity index (χ4v) is 4.51. The van der Waals surface area contributed by atoms with Gasteiger partial charge in [0.15, 0.2) is 14.9 Å². The molecule has 6 nitrogen and oxygen atoms in total. The van der Waals surface area contributed by atoms with Crippen LogP contribution in [0.25, 0.3) is 0 Å². The topological polar surface area (TPSA) is 90.4 Å². The lowest BCUT2D eigenvalue weighted by Crippen LogP contribution is -2.01. The molecule has 2 rings (SSSR count). The quantitative estimate of drug-likeness (QED) is 0.710. The van der Waals surface area contributed by atoms with E-state index in [2.05, 4.69) is 4.98 Å². The summed E-state index contributed by atoms with van der Waals surface area (Å²) >= 11 is 2.68. The van der Waals surface area contributed by atoms with Gasteiger partial charge in [0.2, 0.25) is 0 Å². The summed E-state index contributed by atoms with van der Waals surface area (Å²) in [5, 5.41) is 0.579. The first kappa shape index (κ1) is 17.4. The predicted molar refractivity (Wildman–Crippen MR) is 85.4 cm³/mol. The predicted octanol–water partition coefficient (Wildman–Crippen LogP) is 2.17. The van der Waals surface area contributed by atoms with E-state index in [1.54, 1.807) is 18.2 Å². The third-order valence-electron chi connectivity index (χ3n) is 2.34. The van der Waals surface area contributed by atoms with Gasteiger partial charge >= 0.3 is 0 Å². The lowest BCUT2D eigenvalue weighted by atomic mass is 10.5. The van der Waals surface area contributed by atoms with Crippen LogP contribution in [0.15, 0.2) is 44.6 Å². The van der Waals surface area contributed by atoms with Crippen LogP contribution in [0, 0.1) is 0 Å². The average molecular weight is 380 g/mol. The van der Waals surface area contributed by atoms with Gasteiger partial charge in [-0.1, -0.05) is 17.8 Å². The van der Waals surface area contributed by atoms with Gasteiger partial charge in [0.05, 0.1) is 10.5 Å². The molecule has 0 spiro atoms. The van der Waals surface area contributed by atoms with Crippen LogP contribution < -0.4 is 0 Å². The second-order valence-electron chi connectivity index (χ2n) is 4.38. The third kappa shape index (κ3) is 5.36. The standard InChI is InChI=1S/C12H13NO5S4/c1-21(14,15)11-5-3-4-10(13-11)20-12-7-6-9(19-12)8-18-22(2,16)17/h3-7H,8H2,1-2H3. The van der Waals surface area contributed by atoms with E-state index in [9.17, 15) is 16.8 Å². The summed E-state index contributed by atoms with van der Waals surface area (Å²) in [4.78, 5) is 4.84. The lowest BCUT2D eigenvalue weighted by molar-refractivity contribution is 0.315. The van der Waals surface area contributed by atoms with Crippen molar-refractivity contribution in [3.05, 3.63) is 35.2 Å². The van der Waals surface area contributed by atoms with Gasteiger partial charge in [-0.05, 0) is 24.3 Å². The second-order valence-corrected chi connectivity index (χ2v) is 10.5. The number of aromatic nitrogens is 1. The molecule has 120 valence electrons. The van der Waals surface area contributed by atoms with Gasteiger partial charge in [0, 0.05) is 11.1 Å². The van der Waals surface area contributed by atoms with Crippen LogP contribution in [-0.4, -0.2) is 34.3 Å². The molecule has 0 saturated carbocycles. The Morgan fingerprint density at radius 1 is 1.14 bits per heavy atom. The van der Waals surface area contributed by atoms with Crippen molar-refractivity contribution in [2.24, 2.45) is 0 Å². The molecule has 2 aromatic rings. The minimum absolute atomic E-state index is 0.0130. The molecule has 2 heterocycles. The highest BCUT2D eigenvalue weighted by molar-refractivity contribution is 8.01. The van der Waals surface area contributed by atoms with Crippen molar-refractivity contribution in [3.8, 4) is 0 Å².